The Hall–Kier alpha value is -3.34. The Morgan fingerprint density at radius 1 is 1.04 bits per heavy atom. The van der Waals surface area contributed by atoms with Crippen LogP contribution in [0.2, 0.25) is 0 Å². The van der Waals surface area contributed by atoms with Gasteiger partial charge in [-0.15, -0.1) is 0 Å². The molecule has 0 atom stereocenters. The monoisotopic (exact) mass is 393 g/mol. The smallest absolute Gasteiger partial charge is 0.416 e. The minimum atomic E-state index is -4.43. The van der Waals surface area contributed by atoms with Gasteiger partial charge in [0.15, 0.2) is 18.1 Å². The average molecular weight is 393 g/mol. The highest BCUT2D eigenvalue weighted by atomic mass is 19.4. The number of para-hydroxylation sites is 2. The zero-order chi connectivity index (χ0) is 20.4. The number of methoxy groups -OCH3 is 1. The second-order valence-electron chi connectivity index (χ2n) is 5.38. The maximum atomic E-state index is 12.6. The molecule has 28 heavy (non-hydrogen) atoms. The summed E-state index contributed by atoms with van der Waals surface area (Å²) in [6.45, 7) is -0.252. The Bertz CT molecular complexity index is 856. The van der Waals surface area contributed by atoms with Crippen molar-refractivity contribution < 1.29 is 32.2 Å². The fraction of sp³-hybridized carbons (Fsp3) is 0.250. The van der Waals surface area contributed by atoms with Crippen LogP contribution in [0.1, 0.15) is 5.56 Å². The number of nitrogens with one attached hydrogen (secondary N) is 1. The quantitative estimate of drug-likeness (QED) is 0.734. The summed E-state index contributed by atoms with van der Waals surface area (Å²) in [5, 5.41) is 2.54. The van der Waals surface area contributed by atoms with Gasteiger partial charge in [0, 0.05) is 0 Å². The molecule has 2 aromatic rings. The topological polar surface area (TPSA) is 56.8 Å². The number of hydrogen-bond acceptors (Lipinski definition) is 4. The maximum Gasteiger partial charge on any atom is 0.416 e. The number of hydrogen-bond donors (Lipinski definition) is 1. The van der Waals surface area contributed by atoms with Gasteiger partial charge in [-0.1, -0.05) is 30.0 Å². The Balaban J connectivity index is 1.70. The second-order valence-corrected chi connectivity index (χ2v) is 5.38. The van der Waals surface area contributed by atoms with E-state index in [0.29, 0.717) is 11.5 Å². The molecule has 0 bridgehead atoms. The van der Waals surface area contributed by atoms with E-state index in [4.69, 9.17) is 14.2 Å². The fourth-order valence-corrected chi connectivity index (χ4v) is 2.07. The molecule has 1 amide bonds. The minimum absolute atomic E-state index is 0.0556. The number of benzene rings is 2. The molecular formula is C20H18F3NO4. The lowest BCUT2D eigenvalue weighted by molar-refractivity contribution is -0.137. The van der Waals surface area contributed by atoms with Crippen LogP contribution in [0, 0.1) is 11.8 Å². The van der Waals surface area contributed by atoms with Crippen molar-refractivity contribution in [3.8, 4) is 29.1 Å². The van der Waals surface area contributed by atoms with E-state index in [2.05, 4.69) is 17.2 Å². The zero-order valence-electron chi connectivity index (χ0n) is 15.0. The molecule has 2 rings (SSSR count). The third-order valence-corrected chi connectivity index (χ3v) is 3.40. The lowest BCUT2D eigenvalue weighted by atomic mass is 10.2. The van der Waals surface area contributed by atoms with Gasteiger partial charge in [-0.05, 0) is 30.3 Å². The van der Waals surface area contributed by atoms with Gasteiger partial charge in [-0.3, -0.25) is 4.79 Å². The molecule has 0 saturated carbocycles. The van der Waals surface area contributed by atoms with Gasteiger partial charge in [0.1, 0.15) is 12.4 Å². The summed E-state index contributed by atoms with van der Waals surface area (Å²) >= 11 is 0. The molecule has 148 valence electrons. The molecule has 0 spiro atoms. The summed E-state index contributed by atoms with van der Waals surface area (Å²) in [7, 11) is 1.50. The molecule has 2 aromatic carbocycles. The van der Waals surface area contributed by atoms with Gasteiger partial charge in [0.25, 0.3) is 5.91 Å². The number of carbonyl (C=O) groups excluding carboxylic acids is 1. The van der Waals surface area contributed by atoms with Gasteiger partial charge in [-0.2, -0.15) is 13.2 Å². The highest BCUT2D eigenvalue weighted by Gasteiger charge is 2.30. The summed E-state index contributed by atoms with van der Waals surface area (Å²) < 4.78 is 53.4. The van der Waals surface area contributed by atoms with E-state index < -0.39 is 11.7 Å². The van der Waals surface area contributed by atoms with Crippen molar-refractivity contribution in [2.45, 2.75) is 6.18 Å². The first-order valence-electron chi connectivity index (χ1n) is 8.18. The minimum Gasteiger partial charge on any atom is -0.493 e. The van der Waals surface area contributed by atoms with Crippen LogP contribution in [0.3, 0.4) is 0 Å². The summed E-state index contributed by atoms with van der Waals surface area (Å²) in [4.78, 5) is 11.7. The first kappa shape index (κ1) is 21.0. The van der Waals surface area contributed by atoms with Crippen molar-refractivity contribution in [3.05, 3.63) is 54.1 Å². The molecule has 0 radical (unpaired) electrons. The van der Waals surface area contributed by atoms with Crippen LogP contribution in [0.4, 0.5) is 13.2 Å². The van der Waals surface area contributed by atoms with Crippen LogP contribution in [0.5, 0.6) is 17.2 Å². The van der Waals surface area contributed by atoms with Gasteiger partial charge in [0.2, 0.25) is 0 Å². The third kappa shape index (κ3) is 6.76. The van der Waals surface area contributed by atoms with Crippen molar-refractivity contribution in [2.24, 2.45) is 0 Å². The first-order valence-corrected chi connectivity index (χ1v) is 8.18. The maximum absolute atomic E-state index is 12.6. The third-order valence-electron chi connectivity index (χ3n) is 3.40. The Morgan fingerprint density at radius 2 is 1.79 bits per heavy atom. The highest BCUT2D eigenvalue weighted by Crippen LogP contribution is 2.31. The molecule has 0 aromatic heterocycles. The van der Waals surface area contributed by atoms with Gasteiger partial charge in [0.05, 0.1) is 19.2 Å². The molecule has 5 nitrogen and oxygen atoms in total. The van der Waals surface area contributed by atoms with Crippen molar-refractivity contribution in [1.29, 1.82) is 0 Å². The number of halogens is 3. The van der Waals surface area contributed by atoms with Gasteiger partial charge in [-0.25, -0.2) is 0 Å². The Kier molecular flexibility index (Phi) is 7.57. The fourth-order valence-electron chi connectivity index (χ4n) is 2.07. The first-order chi connectivity index (χ1) is 13.4. The lowest BCUT2D eigenvalue weighted by Crippen LogP contribution is -2.29. The predicted octanol–water partition coefficient (Wildman–Crippen LogP) is 3.29. The van der Waals surface area contributed by atoms with Gasteiger partial charge >= 0.3 is 6.18 Å². The van der Waals surface area contributed by atoms with E-state index in [1.165, 1.54) is 19.2 Å². The van der Waals surface area contributed by atoms with Crippen molar-refractivity contribution in [3.63, 3.8) is 0 Å². The largest absolute Gasteiger partial charge is 0.493 e. The number of amides is 1. The van der Waals surface area contributed by atoms with E-state index in [0.717, 1.165) is 12.1 Å². The van der Waals surface area contributed by atoms with Crippen molar-refractivity contribution in [2.75, 3.05) is 26.9 Å². The molecule has 0 aliphatic heterocycles. The molecule has 0 unspecified atom stereocenters. The van der Waals surface area contributed by atoms with Crippen LogP contribution >= 0.6 is 0 Å². The van der Waals surface area contributed by atoms with E-state index in [-0.39, 0.29) is 31.4 Å². The van der Waals surface area contributed by atoms with Crippen LogP contribution in [-0.2, 0) is 11.0 Å². The lowest BCUT2D eigenvalue weighted by Gasteiger charge is -2.09. The predicted molar refractivity (Wildman–Crippen MR) is 96.2 cm³/mol. The average Bonchev–Trinajstić information content (AvgIpc) is 2.68. The number of ether oxygens (including phenoxy) is 3. The highest BCUT2D eigenvalue weighted by molar-refractivity contribution is 5.77. The van der Waals surface area contributed by atoms with Crippen LogP contribution < -0.4 is 19.5 Å². The standard InChI is InChI=1S/C20H18F3NO4/c1-26-17-9-2-3-10-18(17)28-14-19(25)24-11-4-5-12-27-16-8-6-7-15(13-16)20(21,22)23/h2-3,6-10,13H,11-12,14H2,1H3,(H,24,25). The Morgan fingerprint density at radius 3 is 2.50 bits per heavy atom. The molecule has 0 aliphatic carbocycles. The van der Waals surface area contributed by atoms with Crippen LogP contribution in [0.25, 0.3) is 0 Å². The Labute approximate surface area is 160 Å². The number of alkyl halides is 3. The van der Waals surface area contributed by atoms with E-state index in [1.54, 1.807) is 24.3 Å². The normalized spacial score (nSPS) is 10.4. The summed E-state index contributed by atoms with van der Waals surface area (Å²) in [6, 6.07) is 11.5. The SMILES string of the molecule is COc1ccccc1OCC(=O)NCC#CCOc1cccc(C(F)(F)F)c1. The second kappa shape index (κ2) is 10.1. The molecular weight excluding hydrogens is 375 g/mol. The van der Waals surface area contributed by atoms with E-state index in [9.17, 15) is 18.0 Å². The molecule has 1 N–H and O–H groups in total. The molecule has 0 heterocycles. The number of rotatable bonds is 7. The van der Waals surface area contributed by atoms with Crippen molar-refractivity contribution in [1.82, 2.24) is 5.32 Å². The molecule has 0 saturated heterocycles. The molecule has 8 heteroatoms. The summed E-state index contributed by atoms with van der Waals surface area (Å²) in [6.07, 6.45) is -4.43. The van der Waals surface area contributed by atoms with Crippen LogP contribution in [-0.4, -0.2) is 32.8 Å². The summed E-state index contributed by atoms with van der Waals surface area (Å²) in [5.41, 5.74) is -0.791. The van der Waals surface area contributed by atoms with Gasteiger partial charge < -0.3 is 19.5 Å². The molecule has 0 fully saturated rings. The summed E-state index contributed by atoms with van der Waals surface area (Å²) in [5.74, 6) is 5.91. The van der Waals surface area contributed by atoms with Crippen LogP contribution in [0.15, 0.2) is 48.5 Å². The number of carbonyl (C=O) groups is 1. The van der Waals surface area contributed by atoms with Crippen molar-refractivity contribution >= 4 is 5.91 Å². The molecule has 0 aliphatic rings. The zero-order valence-corrected chi connectivity index (χ0v) is 15.0. The van der Waals surface area contributed by atoms with E-state index >= 15 is 0 Å². The van der Waals surface area contributed by atoms with E-state index in [1.807, 2.05) is 0 Å².